The molecule has 0 spiro atoms. The van der Waals surface area contributed by atoms with Crippen molar-refractivity contribution >= 4 is 29.9 Å². The lowest BCUT2D eigenvalue weighted by Crippen LogP contribution is -2.52. The van der Waals surface area contributed by atoms with Gasteiger partial charge in [-0.3, -0.25) is 9.69 Å². The molecular weight excluding hydrogens is 639 g/mol. The van der Waals surface area contributed by atoms with Gasteiger partial charge < -0.3 is 29.0 Å². The molecule has 2 fully saturated rings. The van der Waals surface area contributed by atoms with E-state index in [9.17, 15) is 33.5 Å². The number of ether oxygens (including phenoxy) is 4. The van der Waals surface area contributed by atoms with Gasteiger partial charge in [-0.15, -0.1) is 0 Å². The molecule has 1 heterocycles. The minimum Gasteiger partial charge on any atom is -0.478 e. The number of rotatable bonds is 13. The van der Waals surface area contributed by atoms with Gasteiger partial charge in [0.2, 0.25) is 6.10 Å². The first-order chi connectivity index (χ1) is 22.7. The summed E-state index contributed by atoms with van der Waals surface area (Å²) in [6, 6.07) is 5.89. The Kier molecular flexibility index (Phi) is 14.6. The van der Waals surface area contributed by atoms with E-state index in [0.717, 1.165) is 28.2 Å². The summed E-state index contributed by atoms with van der Waals surface area (Å²) >= 11 is 0. The fraction of sp³-hybridized carbons (Fsp3) is 0.694. The van der Waals surface area contributed by atoms with Crippen molar-refractivity contribution in [3.05, 3.63) is 35.4 Å². The molecule has 276 valence electrons. The highest BCUT2D eigenvalue weighted by Gasteiger charge is 2.58. The molecule has 3 rings (SSSR count). The summed E-state index contributed by atoms with van der Waals surface area (Å²) in [6.45, 7) is 14.2. The van der Waals surface area contributed by atoms with Crippen molar-refractivity contribution in [2.24, 2.45) is 0 Å². The van der Waals surface area contributed by atoms with Crippen LogP contribution in [0.3, 0.4) is 0 Å². The Morgan fingerprint density at radius 1 is 0.980 bits per heavy atom. The number of carboxylic acid groups (broad SMARTS) is 1. The van der Waals surface area contributed by atoms with Crippen LogP contribution >= 0.6 is 0 Å². The third-order valence-electron chi connectivity index (χ3n) is 8.44. The van der Waals surface area contributed by atoms with Gasteiger partial charge in [0.15, 0.2) is 6.10 Å². The van der Waals surface area contributed by atoms with Crippen molar-refractivity contribution < 1.29 is 52.4 Å². The fourth-order valence-electron chi connectivity index (χ4n) is 5.47. The van der Waals surface area contributed by atoms with Gasteiger partial charge in [-0.05, 0) is 84.3 Å². The predicted molar refractivity (Wildman–Crippen MR) is 180 cm³/mol. The van der Waals surface area contributed by atoms with E-state index in [1.54, 1.807) is 32.9 Å². The molecule has 3 atom stereocenters. The molecule has 3 unspecified atom stereocenters. The van der Waals surface area contributed by atoms with E-state index in [1.165, 1.54) is 34.9 Å². The van der Waals surface area contributed by atoms with Crippen molar-refractivity contribution in [1.29, 1.82) is 0 Å². The Morgan fingerprint density at radius 3 is 2.00 bits per heavy atom. The van der Waals surface area contributed by atoms with Gasteiger partial charge in [0.1, 0.15) is 22.9 Å². The Balaban J connectivity index is 0.00000409. The lowest BCUT2D eigenvalue weighted by atomic mass is 9.91. The molecule has 12 nitrogen and oxygen atoms in total. The molecule has 1 aliphatic carbocycles. The topological polar surface area (TPSA) is 149 Å². The second-order valence-electron chi connectivity index (χ2n) is 14.1. The number of carboxylic acids is 1. The van der Waals surface area contributed by atoms with Crippen LogP contribution in [0.25, 0.3) is 0 Å². The molecule has 0 aromatic heterocycles. The minimum atomic E-state index is -1.95. The van der Waals surface area contributed by atoms with E-state index in [4.69, 9.17) is 18.9 Å². The highest BCUT2D eigenvalue weighted by Crippen LogP contribution is 2.43. The van der Waals surface area contributed by atoms with Crippen LogP contribution in [0.15, 0.2) is 24.3 Å². The first kappa shape index (κ1) is 41.4. The van der Waals surface area contributed by atoms with E-state index in [1.807, 2.05) is 26.0 Å². The zero-order chi connectivity index (χ0) is 37.3. The van der Waals surface area contributed by atoms with Crippen molar-refractivity contribution in [3.8, 4) is 0 Å². The first-order valence-electron chi connectivity index (χ1n) is 17.0. The van der Waals surface area contributed by atoms with Gasteiger partial charge in [0.05, 0.1) is 0 Å². The Labute approximate surface area is 289 Å². The molecule has 1 saturated heterocycles. The third kappa shape index (κ3) is 12.0. The number of likely N-dealkylation sites (N-methyl/N-ethyl adjacent to an activating group) is 2. The van der Waals surface area contributed by atoms with Crippen LogP contribution in [0.5, 0.6) is 0 Å². The van der Waals surface area contributed by atoms with Gasteiger partial charge in [-0.2, -0.15) is 0 Å². The monoisotopic (exact) mass is 694 g/mol. The summed E-state index contributed by atoms with van der Waals surface area (Å²) in [5, 5.41) is 9.88. The Hall–Kier alpha value is -3.74. The Bertz CT molecular complexity index is 1290. The average molecular weight is 695 g/mol. The van der Waals surface area contributed by atoms with Crippen molar-refractivity contribution in [1.82, 2.24) is 9.80 Å². The largest absolute Gasteiger partial charge is 0.478 e. The smallest absolute Gasteiger partial charge is 0.410 e. The number of esters is 2. The predicted octanol–water partition coefficient (Wildman–Crippen LogP) is 5.44. The normalized spacial score (nSPS) is 17.6. The van der Waals surface area contributed by atoms with E-state index >= 15 is 0 Å². The third-order valence-corrected chi connectivity index (χ3v) is 8.44. The van der Waals surface area contributed by atoms with E-state index in [0.29, 0.717) is 37.5 Å². The number of alkyl halides is 1. The lowest BCUT2D eigenvalue weighted by molar-refractivity contribution is -0.173. The number of nitrogens with zero attached hydrogens (tertiary/aromatic N) is 2. The van der Waals surface area contributed by atoms with Gasteiger partial charge >= 0.3 is 24.0 Å². The van der Waals surface area contributed by atoms with Crippen molar-refractivity contribution in [2.45, 2.75) is 135 Å². The van der Waals surface area contributed by atoms with Crippen LogP contribution in [0, 0.1) is 0 Å². The summed E-state index contributed by atoms with van der Waals surface area (Å²) in [6.07, 6.45) is -1.98. The number of carbonyl (C=O) groups is 5. The standard InChI is InChI=1S/C34H49FN2O10.C2H6/c1-21(45-30(42)34(15-16-34)37(8)31(43)47-32(2,3)4)27(38)36(7)25(20-33(5,6)35)29(41)46-26(28(39)40)19-22-9-11-23(12-10-22)24-13-17-44-18-14-24;1-2/h9-12,21,24-26H,13-20H2,1-8H3,(H,39,40);1-2H3. The molecular formula is C36H55FN2O10. The number of carbonyl (C=O) groups excluding carboxylic acids is 4. The minimum absolute atomic E-state index is 0.139. The van der Waals surface area contributed by atoms with Crippen LogP contribution in [-0.4, -0.2) is 107 Å². The summed E-state index contributed by atoms with van der Waals surface area (Å²) in [5.74, 6) is -3.81. The van der Waals surface area contributed by atoms with E-state index in [2.05, 4.69) is 0 Å². The highest BCUT2D eigenvalue weighted by atomic mass is 19.1. The second kappa shape index (κ2) is 17.3. The Morgan fingerprint density at radius 2 is 1.53 bits per heavy atom. The van der Waals surface area contributed by atoms with Gasteiger partial charge in [-0.25, -0.2) is 23.6 Å². The molecule has 2 aliphatic rings. The number of hydrogen-bond acceptors (Lipinski definition) is 9. The molecule has 13 heteroatoms. The van der Waals surface area contributed by atoms with E-state index < -0.39 is 71.4 Å². The summed E-state index contributed by atoms with van der Waals surface area (Å²) in [4.78, 5) is 66.7. The maximum Gasteiger partial charge on any atom is 0.410 e. The van der Waals surface area contributed by atoms with Gasteiger partial charge in [0, 0.05) is 40.2 Å². The fourth-order valence-corrected chi connectivity index (χ4v) is 5.47. The van der Waals surface area contributed by atoms with Crippen LogP contribution in [0.1, 0.15) is 105 Å². The molecule has 1 aromatic rings. The van der Waals surface area contributed by atoms with Crippen LogP contribution in [0.2, 0.25) is 0 Å². The quantitative estimate of drug-likeness (QED) is 0.209. The zero-order valence-corrected chi connectivity index (χ0v) is 30.7. The number of benzene rings is 1. The molecule has 1 saturated carbocycles. The molecule has 1 aliphatic heterocycles. The summed E-state index contributed by atoms with van der Waals surface area (Å²) in [5.41, 5.74) is -2.30. The van der Waals surface area contributed by atoms with Crippen LogP contribution in [0.4, 0.5) is 9.18 Å². The van der Waals surface area contributed by atoms with Crippen LogP contribution in [-0.2, 0) is 44.5 Å². The average Bonchev–Trinajstić information content (AvgIpc) is 3.85. The van der Waals surface area contributed by atoms with Crippen molar-refractivity contribution in [2.75, 3.05) is 27.3 Å². The molecule has 1 aromatic carbocycles. The number of aliphatic carboxylic acids is 1. The van der Waals surface area contributed by atoms with Crippen LogP contribution < -0.4 is 0 Å². The second-order valence-corrected chi connectivity index (χ2v) is 14.1. The lowest BCUT2D eigenvalue weighted by Gasteiger charge is -2.33. The molecule has 0 radical (unpaired) electrons. The molecule has 1 N–H and O–H groups in total. The maximum atomic E-state index is 14.9. The van der Waals surface area contributed by atoms with Crippen molar-refractivity contribution in [3.63, 3.8) is 0 Å². The SMILES string of the molecule is CC.CC(OC(=O)C1(N(C)C(=O)OC(C)(C)C)CC1)C(=O)N(C)C(CC(C)(C)F)C(=O)OC(Cc1ccc(C2CCOCC2)cc1)C(=O)O. The molecule has 49 heavy (non-hydrogen) atoms. The number of amides is 2. The van der Waals surface area contributed by atoms with E-state index in [-0.39, 0.29) is 6.42 Å². The summed E-state index contributed by atoms with van der Waals surface area (Å²) in [7, 11) is 2.64. The van der Waals surface area contributed by atoms with Gasteiger partial charge in [-0.1, -0.05) is 38.1 Å². The molecule has 2 amide bonds. The number of halogens is 1. The highest BCUT2D eigenvalue weighted by molar-refractivity contribution is 5.92. The van der Waals surface area contributed by atoms with Gasteiger partial charge in [0.25, 0.3) is 5.91 Å². The number of hydrogen-bond donors (Lipinski definition) is 1. The maximum absolute atomic E-state index is 14.9. The first-order valence-corrected chi connectivity index (χ1v) is 17.0. The zero-order valence-electron chi connectivity index (χ0n) is 30.7. The summed E-state index contributed by atoms with van der Waals surface area (Å²) < 4.78 is 36.5. The molecule has 0 bridgehead atoms.